The number of unbranched alkanes of at least 4 members (excludes halogenated alkanes) is 15. The van der Waals surface area contributed by atoms with Crippen molar-refractivity contribution < 1.29 is 15.8 Å². The molecule has 0 unspecified atom stereocenters. The quantitative estimate of drug-likeness (QED) is 0.142. The fraction of sp³-hybridized carbons (Fsp3) is 0.750. The molecule has 0 aromatic heterocycles. The molecular formula is C24H44CaO3S. The molecule has 0 aliphatic rings. The van der Waals surface area contributed by atoms with Gasteiger partial charge in [0.05, 0.1) is 4.90 Å². The van der Waals surface area contributed by atoms with Crippen LogP contribution in [0.15, 0.2) is 29.2 Å². The van der Waals surface area contributed by atoms with Gasteiger partial charge in [-0.2, -0.15) is 8.42 Å². The summed E-state index contributed by atoms with van der Waals surface area (Å²) < 4.78 is 31.0. The first-order chi connectivity index (χ1) is 13.5. The van der Waals surface area contributed by atoms with Crippen LogP contribution in [0.25, 0.3) is 0 Å². The molecule has 5 heteroatoms. The third kappa shape index (κ3) is 16.7. The molecule has 0 saturated carbocycles. The van der Waals surface area contributed by atoms with Gasteiger partial charge in [0.2, 0.25) is 0 Å². The smallest absolute Gasteiger partial charge is 1.00 e. The van der Waals surface area contributed by atoms with E-state index in [0.29, 0.717) is 0 Å². The van der Waals surface area contributed by atoms with Crippen molar-refractivity contribution in [3.05, 3.63) is 29.8 Å². The molecule has 0 amide bonds. The molecule has 1 aromatic rings. The fourth-order valence-electron chi connectivity index (χ4n) is 3.71. The van der Waals surface area contributed by atoms with E-state index in [1.54, 1.807) is 12.1 Å². The summed E-state index contributed by atoms with van der Waals surface area (Å²) in [7, 11) is -4.07. The van der Waals surface area contributed by atoms with E-state index in [9.17, 15) is 8.42 Å². The first-order valence-corrected chi connectivity index (χ1v) is 13.0. The Hall–Kier alpha value is 0.390. The summed E-state index contributed by atoms with van der Waals surface area (Å²) in [4.78, 5) is -0.0248. The van der Waals surface area contributed by atoms with E-state index in [0.717, 1.165) is 18.4 Å². The molecule has 0 bridgehead atoms. The van der Waals surface area contributed by atoms with Crippen molar-refractivity contribution in [2.45, 2.75) is 121 Å². The average molecular weight is 453 g/mol. The number of hydrogen-bond donors (Lipinski definition) is 1. The Balaban J connectivity index is -0.00000261. The monoisotopic (exact) mass is 452 g/mol. The maximum absolute atomic E-state index is 11.0. The van der Waals surface area contributed by atoms with E-state index < -0.39 is 10.1 Å². The van der Waals surface area contributed by atoms with Crippen molar-refractivity contribution in [3.63, 3.8) is 0 Å². The van der Waals surface area contributed by atoms with Gasteiger partial charge in [0.25, 0.3) is 10.1 Å². The molecule has 0 spiro atoms. The van der Waals surface area contributed by atoms with Gasteiger partial charge in [0, 0.05) is 0 Å². The topological polar surface area (TPSA) is 54.4 Å². The minimum atomic E-state index is -4.07. The summed E-state index contributed by atoms with van der Waals surface area (Å²) in [6, 6.07) is 6.57. The second-order valence-electron chi connectivity index (χ2n) is 8.17. The zero-order valence-corrected chi connectivity index (χ0v) is 21.7. The van der Waals surface area contributed by atoms with Crippen LogP contribution in [0.4, 0.5) is 0 Å². The molecule has 0 fully saturated rings. The summed E-state index contributed by atoms with van der Waals surface area (Å²) in [6.45, 7) is 2.27. The van der Waals surface area contributed by atoms with E-state index in [2.05, 4.69) is 6.92 Å². The van der Waals surface area contributed by atoms with Crippen LogP contribution in [0, 0.1) is 0 Å². The summed E-state index contributed by atoms with van der Waals surface area (Å²) in [5.41, 5.74) is 1.14. The van der Waals surface area contributed by atoms with Gasteiger partial charge < -0.3 is 2.85 Å². The normalized spacial score (nSPS) is 11.4. The van der Waals surface area contributed by atoms with Crippen LogP contribution >= 0.6 is 0 Å². The standard InChI is InChI=1S/C24H42O3S.Ca.2H/c1-2-3-4-5-6-7-8-9-10-11-12-13-14-15-16-17-18-23-19-21-24(22-20-23)28(25,26)27;;;/h19-22H,2-18H2,1H3,(H,25,26,27);;;/q;+2;2*-1. The number of rotatable bonds is 18. The molecule has 3 nitrogen and oxygen atoms in total. The van der Waals surface area contributed by atoms with Crippen LogP contribution in [0.5, 0.6) is 0 Å². The van der Waals surface area contributed by atoms with Gasteiger partial charge in [-0.25, -0.2) is 0 Å². The summed E-state index contributed by atoms with van der Waals surface area (Å²) >= 11 is 0. The molecule has 0 atom stereocenters. The van der Waals surface area contributed by atoms with Gasteiger partial charge in [-0.15, -0.1) is 0 Å². The Labute approximate surface area is 213 Å². The maximum atomic E-state index is 11.0. The Bertz CT molecular complexity index is 595. The molecule has 0 aliphatic heterocycles. The Morgan fingerprint density at radius 1 is 0.655 bits per heavy atom. The van der Waals surface area contributed by atoms with Gasteiger partial charge in [0.15, 0.2) is 0 Å². The second kappa shape index (κ2) is 19.1. The third-order valence-electron chi connectivity index (χ3n) is 5.54. The molecule has 0 aliphatic carbocycles. The van der Waals surface area contributed by atoms with Crippen molar-refractivity contribution >= 4 is 47.9 Å². The van der Waals surface area contributed by atoms with E-state index in [-0.39, 0.29) is 45.5 Å². The van der Waals surface area contributed by atoms with Crippen molar-refractivity contribution in [2.24, 2.45) is 0 Å². The Morgan fingerprint density at radius 2 is 1.00 bits per heavy atom. The van der Waals surface area contributed by atoms with E-state index in [1.165, 1.54) is 108 Å². The van der Waals surface area contributed by atoms with E-state index in [4.69, 9.17) is 4.55 Å². The van der Waals surface area contributed by atoms with Crippen molar-refractivity contribution in [2.75, 3.05) is 0 Å². The van der Waals surface area contributed by atoms with Crippen LogP contribution in [-0.2, 0) is 16.5 Å². The van der Waals surface area contributed by atoms with E-state index in [1.807, 2.05) is 0 Å². The zero-order chi connectivity index (χ0) is 20.5. The summed E-state index contributed by atoms with van der Waals surface area (Å²) in [5, 5.41) is 0. The van der Waals surface area contributed by atoms with Crippen molar-refractivity contribution in [1.82, 2.24) is 0 Å². The fourth-order valence-corrected chi connectivity index (χ4v) is 4.19. The van der Waals surface area contributed by atoms with Gasteiger partial charge >= 0.3 is 37.7 Å². The van der Waals surface area contributed by atoms with Gasteiger partial charge in [-0.05, 0) is 30.5 Å². The Morgan fingerprint density at radius 3 is 1.34 bits per heavy atom. The van der Waals surface area contributed by atoms with Crippen molar-refractivity contribution in [3.8, 4) is 0 Å². The molecule has 0 radical (unpaired) electrons. The predicted octanol–water partition coefficient (Wildman–Crippen LogP) is 7.58. The van der Waals surface area contributed by atoms with Crippen LogP contribution < -0.4 is 0 Å². The number of benzene rings is 1. The molecule has 1 rings (SSSR count). The number of hydrogen-bond acceptors (Lipinski definition) is 2. The Kier molecular flexibility index (Phi) is 19.4. The molecular weight excluding hydrogens is 408 g/mol. The maximum Gasteiger partial charge on any atom is 2.00 e. The zero-order valence-electron chi connectivity index (χ0n) is 20.7. The summed E-state index contributed by atoms with van der Waals surface area (Å²) in [5.74, 6) is 0. The third-order valence-corrected chi connectivity index (χ3v) is 6.41. The average Bonchev–Trinajstić information content (AvgIpc) is 2.67. The SMILES string of the molecule is CCCCCCCCCCCCCCCCCCc1ccc(S(=O)(=O)O)cc1.[Ca+2].[H-].[H-]. The molecule has 166 valence electrons. The molecule has 29 heavy (non-hydrogen) atoms. The minimum absolute atomic E-state index is 0. The molecule has 1 N–H and O–H groups in total. The largest absolute Gasteiger partial charge is 2.00 e. The second-order valence-corrected chi connectivity index (χ2v) is 9.59. The number of aryl methyl sites for hydroxylation is 1. The molecule has 1 aromatic carbocycles. The molecule has 0 heterocycles. The first-order valence-electron chi connectivity index (χ1n) is 11.6. The summed E-state index contributed by atoms with van der Waals surface area (Å²) in [6.07, 6.45) is 22.9. The van der Waals surface area contributed by atoms with E-state index >= 15 is 0 Å². The first kappa shape index (κ1) is 29.4. The van der Waals surface area contributed by atoms with Crippen LogP contribution in [0.2, 0.25) is 0 Å². The van der Waals surface area contributed by atoms with Crippen LogP contribution in [0.3, 0.4) is 0 Å². The van der Waals surface area contributed by atoms with Gasteiger partial charge in [0.1, 0.15) is 0 Å². The molecule has 0 saturated heterocycles. The van der Waals surface area contributed by atoms with Crippen molar-refractivity contribution in [1.29, 1.82) is 0 Å². The predicted molar refractivity (Wildman–Crippen MR) is 127 cm³/mol. The minimum Gasteiger partial charge on any atom is -1.00 e. The van der Waals surface area contributed by atoms with Crippen LogP contribution in [0.1, 0.15) is 118 Å². The van der Waals surface area contributed by atoms with Gasteiger partial charge in [-0.3, -0.25) is 4.55 Å². The van der Waals surface area contributed by atoms with Crippen LogP contribution in [-0.4, -0.2) is 50.7 Å². The van der Waals surface area contributed by atoms with Gasteiger partial charge in [-0.1, -0.05) is 115 Å².